The SMILES string of the molecule is C=CC1C(OC2OC(COC(=O)C=Cc3ccc(O)c(OC)c3)C(O)C(O)C2O)OC=C2C(=O)N3CCc4c([nH]c5ccccc45)C3CC21. The number of aromatic nitrogens is 1. The van der Waals surface area contributed by atoms with Crippen LogP contribution in [0.2, 0.25) is 0 Å². The highest BCUT2D eigenvalue weighted by molar-refractivity contribution is 5.96. The molecule has 0 spiro atoms. The van der Waals surface area contributed by atoms with E-state index in [0.29, 0.717) is 24.1 Å². The Bertz CT molecular complexity index is 1820. The Morgan fingerprint density at radius 2 is 1.94 bits per heavy atom. The number of phenolic OH excluding ortho intramolecular Hbond substituents is 1. The van der Waals surface area contributed by atoms with Crippen molar-refractivity contribution in [2.45, 2.75) is 55.9 Å². The highest BCUT2D eigenvalue weighted by Gasteiger charge is 2.51. The number of nitrogens with zero attached hydrogens (tertiary/aromatic N) is 1. The summed E-state index contributed by atoms with van der Waals surface area (Å²) >= 11 is 0. The molecular weight excluding hydrogens is 636 g/mol. The van der Waals surface area contributed by atoms with Gasteiger partial charge in [-0.1, -0.05) is 30.3 Å². The number of esters is 1. The topological polar surface area (TPSA) is 180 Å². The van der Waals surface area contributed by atoms with Gasteiger partial charge in [0.25, 0.3) is 5.91 Å². The summed E-state index contributed by atoms with van der Waals surface area (Å²) in [6, 6.07) is 12.4. The number of rotatable bonds is 8. The summed E-state index contributed by atoms with van der Waals surface area (Å²) in [5, 5.41) is 43.0. The van der Waals surface area contributed by atoms with Crippen molar-refractivity contribution >= 4 is 28.9 Å². The van der Waals surface area contributed by atoms with Gasteiger partial charge in [0.05, 0.1) is 25.0 Å². The standard InChI is InChI=1S/C36H38N2O11/c1-3-19-22-15-25-30-21(20-6-4-5-7-24(20)37-30)12-13-38(25)34(44)23(22)16-47-35(19)49-36-33(43)32(42)31(41)28(48-36)17-46-29(40)11-9-18-8-10-26(39)27(14-18)45-2/h3-11,14,16,19,22,25,28,31-33,35-37,39,41-43H,1,12-13,15,17H2,2H3. The first-order valence-corrected chi connectivity index (χ1v) is 16.1. The average molecular weight is 675 g/mol. The van der Waals surface area contributed by atoms with Crippen molar-refractivity contribution in [1.82, 2.24) is 9.88 Å². The zero-order valence-corrected chi connectivity index (χ0v) is 26.7. The van der Waals surface area contributed by atoms with E-state index in [0.717, 1.165) is 29.1 Å². The van der Waals surface area contributed by atoms with Gasteiger partial charge >= 0.3 is 5.97 Å². The number of nitrogens with one attached hydrogen (secondary N) is 1. The Labute approximate surface area is 281 Å². The lowest BCUT2D eigenvalue weighted by molar-refractivity contribution is -0.339. The maximum atomic E-state index is 13.7. The molecule has 1 amide bonds. The minimum atomic E-state index is -1.69. The second kappa shape index (κ2) is 13.3. The minimum absolute atomic E-state index is 0.0512. The van der Waals surface area contributed by atoms with E-state index >= 15 is 0 Å². The number of H-pyrrole nitrogens is 1. The van der Waals surface area contributed by atoms with Crippen LogP contribution in [0.25, 0.3) is 17.0 Å². The van der Waals surface area contributed by atoms with Gasteiger partial charge in [-0.2, -0.15) is 0 Å². The van der Waals surface area contributed by atoms with Crippen LogP contribution in [0.5, 0.6) is 11.5 Å². The normalized spacial score (nSPS) is 30.9. The highest BCUT2D eigenvalue weighted by Crippen LogP contribution is 2.48. The zero-order valence-electron chi connectivity index (χ0n) is 26.7. The zero-order chi connectivity index (χ0) is 34.4. The molecule has 13 heteroatoms. The maximum absolute atomic E-state index is 13.7. The predicted octanol–water partition coefficient (Wildman–Crippen LogP) is 2.45. The number of hydrogen-bond acceptors (Lipinski definition) is 11. The number of ether oxygens (including phenoxy) is 5. The number of aliphatic hydroxyl groups is 3. The van der Waals surface area contributed by atoms with Crippen molar-refractivity contribution in [3.05, 3.63) is 89.9 Å². The van der Waals surface area contributed by atoms with Crippen LogP contribution in [0, 0.1) is 11.8 Å². The summed E-state index contributed by atoms with van der Waals surface area (Å²) < 4.78 is 28.1. The van der Waals surface area contributed by atoms with Crippen LogP contribution in [0.3, 0.4) is 0 Å². The molecule has 4 aliphatic rings. The van der Waals surface area contributed by atoms with Crippen molar-refractivity contribution in [3.63, 3.8) is 0 Å². The van der Waals surface area contributed by atoms with Gasteiger partial charge in [-0.05, 0) is 48.2 Å². The first kappa shape index (κ1) is 32.9. The van der Waals surface area contributed by atoms with Crippen molar-refractivity contribution in [3.8, 4) is 11.5 Å². The van der Waals surface area contributed by atoms with Gasteiger partial charge < -0.3 is 54.0 Å². The van der Waals surface area contributed by atoms with Gasteiger partial charge in [-0.25, -0.2) is 4.79 Å². The number of piperidine rings is 1. The number of carbonyl (C=O) groups is 2. The van der Waals surface area contributed by atoms with Gasteiger partial charge in [0, 0.05) is 41.1 Å². The number of para-hydroxylation sites is 1. The lowest BCUT2D eigenvalue weighted by Crippen LogP contribution is -2.60. The molecule has 49 heavy (non-hydrogen) atoms. The third-order valence-electron chi connectivity index (χ3n) is 9.87. The summed E-state index contributed by atoms with van der Waals surface area (Å²) in [7, 11) is 1.40. The molecule has 0 bridgehead atoms. The van der Waals surface area contributed by atoms with Gasteiger partial charge in [0.2, 0.25) is 6.29 Å². The monoisotopic (exact) mass is 674 g/mol. The molecule has 13 nitrogen and oxygen atoms in total. The molecule has 7 rings (SSSR count). The van der Waals surface area contributed by atoms with E-state index < -0.39 is 55.5 Å². The number of methoxy groups -OCH3 is 1. The minimum Gasteiger partial charge on any atom is -0.504 e. The number of carbonyl (C=O) groups excluding carboxylic acids is 2. The number of fused-ring (bicyclic) bond motifs is 6. The second-order valence-electron chi connectivity index (χ2n) is 12.6. The first-order valence-electron chi connectivity index (χ1n) is 16.1. The molecule has 5 N–H and O–H groups in total. The average Bonchev–Trinajstić information content (AvgIpc) is 3.50. The molecular formula is C36H38N2O11. The largest absolute Gasteiger partial charge is 0.504 e. The number of phenols is 1. The summed E-state index contributed by atoms with van der Waals surface area (Å²) in [5.41, 5.74) is 4.32. The fourth-order valence-corrected chi connectivity index (χ4v) is 7.29. The van der Waals surface area contributed by atoms with E-state index in [2.05, 4.69) is 17.6 Å². The number of aromatic amines is 1. The van der Waals surface area contributed by atoms with E-state index in [1.807, 2.05) is 23.1 Å². The van der Waals surface area contributed by atoms with E-state index in [-0.39, 0.29) is 29.4 Å². The Balaban J connectivity index is 1.03. The van der Waals surface area contributed by atoms with Gasteiger partial charge in [-0.15, -0.1) is 6.58 Å². The Morgan fingerprint density at radius 3 is 2.73 bits per heavy atom. The molecule has 0 aliphatic carbocycles. The number of amides is 1. The fourth-order valence-electron chi connectivity index (χ4n) is 7.29. The third-order valence-corrected chi connectivity index (χ3v) is 9.87. The van der Waals surface area contributed by atoms with Crippen LogP contribution < -0.4 is 4.74 Å². The predicted molar refractivity (Wildman–Crippen MR) is 174 cm³/mol. The summed E-state index contributed by atoms with van der Waals surface area (Å²) in [6.45, 7) is 4.11. The Hall–Kier alpha value is -4.66. The molecule has 0 saturated carbocycles. The molecule has 4 aliphatic heterocycles. The Kier molecular flexibility index (Phi) is 8.94. The smallest absolute Gasteiger partial charge is 0.330 e. The summed E-state index contributed by atoms with van der Waals surface area (Å²) in [5.74, 6) is -1.56. The molecule has 1 aromatic heterocycles. The van der Waals surface area contributed by atoms with Gasteiger partial charge in [0.1, 0.15) is 31.0 Å². The number of benzene rings is 2. The molecule has 2 saturated heterocycles. The van der Waals surface area contributed by atoms with Crippen LogP contribution in [0.4, 0.5) is 0 Å². The number of hydrogen-bond donors (Lipinski definition) is 5. The molecule has 3 aromatic rings. The van der Waals surface area contributed by atoms with Crippen molar-refractivity contribution in [2.24, 2.45) is 11.8 Å². The quantitative estimate of drug-likeness (QED) is 0.135. The molecule has 9 atom stereocenters. The van der Waals surface area contributed by atoms with Gasteiger partial charge in [-0.3, -0.25) is 4.79 Å². The first-order chi connectivity index (χ1) is 23.7. The molecule has 2 aromatic carbocycles. The molecule has 5 heterocycles. The number of aliphatic hydroxyl groups excluding tert-OH is 3. The van der Waals surface area contributed by atoms with Crippen LogP contribution in [-0.2, 0) is 35.0 Å². The van der Waals surface area contributed by atoms with E-state index in [1.54, 1.807) is 12.1 Å². The highest BCUT2D eigenvalue weighted by atomic mass is 16.8. The molecule has 9 unspecified atom stereocenters. The summed E-state index contributed by atoms with van der Waals surface area (Å²) in [6.07, 6.45) is -1.77. The second-order valence-corrected chi connectivity index (χ2v) is 12.6. The molecule has 2 fully saturated rings. The van der Waals surface area contributed by atoms with E-state index in [9.17, 15) is 30.0 Å². The molecule has 258 valence electrons. The fraction of sp³-hybridized carbons (Fsp3) is 0.389. The van der Waals surface area contributed by atoms with E-state index in [1.165, 1.54) is 37.1 Å². The lowest BCUT2D eigenvalue weighted by Gasteiger charge is -2.48. The van der Waals surface area contributed by atoms with Crippen LogP contribution in [0.15, 0.2) is 73.0 Å². The van der Waals surface area contributed by atoms with Crippen molar-refractivity contribution < 1.29 is 53.7 Å². The van der Waals surface area contributed by atoms with Crippen molar-refractivity contribution in [1.29, 1.82) is 0 Å². The van der Waals surface area contributed by atoms with Crippen LogP contribution in [0.1, 0.15) is 29.3 Å². The molecule has 0 radical (unpaired) electrons. The summed E-state index contributed by atoms with van der Waals surface area (Å²) in [4.78, 5) is 31.6. The van der Waals surface area contributed by atoms with Crippen LogP contribution in [-0.4, -0.2) is 99.4 Å². The maximum Gasteiger partial charge on any atom is 0.330 e. The van der Waals surface area contributed by atoms with Gasteiger partial charge in [0.15, 0.2) is 17.8 Å². The van der Waals surface area contributed by atoms with Crippen molar-refractivity contribution in [2.75, 3.05) is 20.3 Å². The number of aromatic hydroxyl groups is 1. The third kappa shape index (κ3) is 5.97. The van der Waals surface area contributed by atoms with Crippen LogP contribution >= 0.6 is 0 Å². The Morgan fingerprint density at radius 1 is 1.12 bits per heavy atom. The lowest BCUT2D eigenvalue weighted by atomic mass is 9.74. The van der Waals surface area contributed by atoms with E-state index in [4.69, 9.17) is 23.7 Å².